The smallest absolute Gasteiger partial charge is 0.318 e. The standard InChI is InChI=1S/C22H31N5O3/c1-17(2)25-22(29)26-13-14-30-20-7-5-18(15-19(20)16-26)6-8-21(28)23-9-3-11-27-12-4-10-24-27/h4-5,7,10,12,15,17H,3,6,8-9,11,13-14,16H2,1-2H3,(H,23,28)(H,25,29). The minimum absolute atomic E-state index is 0.0413. The average molecular weight is 414 g/mol. The van der Waals surface area contributed by atoms with Crippen LogP contribution < -0.4 is 15.4 Å². The number of aromatic nitrogens is 2. The Morgan fingerprint density at radius 2 is 2.17 bits per heavy atom. The van der Waals surface area contributed by atoms with E-state index in [1.807, 2.05) is 49.0 Å². The molecule has 8 heteroatoms. The fourth-order valence-electron chi connectivity index (χ4n) is 3.36. The second-order valence-electron chi connectivity index (χ2n) is 7.79. The van der Waals surface area contributed by atoms with Crippen LogP contribution in [-0.4, -0.2) is 52.4 Å². The van der Waals surface area contributed by atoms with Gasteiger partial charge in [0.25, 0.3) is 0 Å². The van der Waals surface area contributed by atoms with Crippen molar-refractivity contribution in [3.63, 3.8) is 0 Å². The number of urea groups is 1. The molecule has 0 bridgehead atoms. The highest BCUT2D eigenvalue weighted by Crippen LogP contribution is 2.25. The Morgan fingerprint density at radius 1 is 1.30 bits per heavy atom. The number of amides is 3. The number of nitrogens with one attached hydrogen (secondary N) is 2. The summed E-state index contributed by atoms with van der Waals surface area (Å²) in [5.41, 5.74) is 2.04. The van der Waals surface area contributed by atoms with Crippen LogP contribution in [0.15, 0.2) is 36.7 Å². The van der Waals surface area contributed by atoms with Gasteiger partial charge < -0.3 is 20.3 Å². The lowest BCUT2D eigenvalue weighted by Crippen LogP contribution is -2.43. The number of carbonyl (C=O) groups is 2. The first-order chi connectivity index (χ1) is 14.5. The van der Waals surface area contributed by atoms with Crippen molar-refractivity contribution in [3.8, 4) is 5.75 Å². The highest BCUT2D eigenvalue weighted by atomic mass is 16.5. The van der Waals surface area contributed by atoms with Crippen LogP contribution in [0.1, 0.15) is 37.8 Å². The van der Waals surface area contributed by atoms with Crippen LogP contribution in [0, 0.1) is 0 Å². The lowest BCUT2D eigenvalue weighted by Gasteiger charge is -2.22. The zero-order chi connectivity index (χ0) is 21.3. The summed E-state index contributed by atoms with van der Waals surface area (Å²) in [6.45, 7) is 6.83. The van der Waals surface area contributed by atoms with Gasteiger partial charge in [-0.3, -0.25) is 9.48 Å². The van der Waals surface area contributed by atoms with Gasteiger partial charge in [0.1, 0.15) is 12.4 Å². The maximum atomic E-state index is 12.4. The van der Waals surface area contributed by atoms with Crippen LogP contribution >= 0.6 is 0 Å². The third-order valence-corrected chi connectivity index (χ3v) is 4.89. The van der Waals surface area contributed by atoms with Gasteiger partial charge in [-0.25, -0.2) is 4.79 Å². The summed E-state index contributed by atoms with van der Waals surface area (Å²) < 4.78 is 7.66. The first kappa shape index (κ1) is 21.7. The van der Waals surface area contributed by atoms with Gasteiger partial charge >= 0.3 is 6.03 Å². The van der Waals surface area contributed by atoms with Crippen molar-refractivity contribution >= 4 is 11.9 Å². The summed E-state index contributed by atoms with van der Waals surface area (Å²) in [7, 11) is 0. The van der Waals surface area contributed by atoms with Crippen molar-refractivity contribution in [2.75, 3.05) is 19.7 Å². The lowest BCUT2D eigenvalue weighted by molar-refractivity contribution is -0.121. The molecule has 162 valence electrons. The van der Waals surface area contributed by atoms with Crippen LogP contribution in [0.4, 0.5) is 4.79 Å². The van der Waals surface area contributed by atoms with Crippen molar-refractivity contribution in [3.05, 3.63) is 47.8 Å². The zero-order valence-electron chi connectivity index (χ0n) is 17.8. The van der Waals surface area contributed by atoms with Gasteiger partial charge in [-0.05, 0) is 44.4 Å². The molecule has 0 unspecified atom stereocenters. The van der Waals surface area contributed by atoms with Crippen LogP contribution in [-0.2, 0) is 24.3 Å². The summed E-state index contributed by atoms with van der Waals surface area (Å²) in [4.78, 5) is 26.3. The van der Waals surface area contributed by atoms with E-state index in [2.05, 4.69) is 15.7 Å². The van der Waals surface area contributed by atoms with E-state index in [1.165, 1.54) is 0 Å². The molecule has 1 aliphatic heterocycles. The number of hydrogen-bond donors (Lipinski definition) is 2. The van der Waals surface area contributed by atoms with Crippen molar-refractivity contribution in [2.24, 2.45) is 0 Å². The van der Waals surface area contributed by atoms with E-state index in [9.17, 15) is 9.59 Å². The van der Waals surface area contributed by atoms with E-state index in [4.69, 9.17) is 4.74 Å². The van der Waals surface area contributed by atoms with Crippen molar-refractivity contribution in [2.45, 2.75) is 52.2 Å². The number of hydrogen-bond acceptors (Lipinski definition) is 4. The van der Waals surface area contributed by atoms with Crippen molar-refractivity contribution in [1.82, 2.24) is 25.3 Å². The third kappa shape index (κ3) is 6.50. The van der Waals surface area contributed by atoms with E-state index in [-0.39, 0.29) is 18.0 Å². The molecule has 0 saturated heterocycles. The molecule has 8 nitrogen and oxygen atoms in total. The number of aryl methyl sites for hydroxylation is 2. The van der Waals surface area contributed by atoms with Crippen molar-refractivity contribution < 1.29 is 14.3 Å². The number of ether oxygens (including phenoxy) is 1. The van der Waals surface area contributed by atoms with Gasteiger partial charge in [0.2, 0.25) is 5.91 Å². The largest absolute Gasteiger partial charge is 0.491 e. The number of benzene rings is 1. The Hall–Kier alpha value is -3.03. The van der Waals surface area contributed by atoms with E-state index in [1.54, 1.807) is 11.1 Å². The molecule has 0 radical (unpaired) electrons. The van der Waals surface area contributed by atoms with Crippen LogP contribution in [0.2, 0.25) is 0 Å². The molecule has 30 heavy (non-hydrogen) atoms. The highest BCUT2D eigenvalue weighted by Gasteiger charge is 2.20. The molecule has 3 amide bonds. The molecular weight excluding hydrogens is 382 g/mol. The SMILES string of the molecule is CC(C)NC(=O)N1CCOc2ccc(CCC(=O)NCCCn3cccn3)cc2C1. The molecular formula is C22H31N5O3. The van der Waals surface area contributed by atoms with Gasteiger partial charge in [0.15, 0.2) is 0 Å². The van der Waals surface area contributed by atoms with E-state index < -0.39 is 0 Å². The molecule has 1 aromatic heterocycles. The summed E-state index contributed by atoms with van der Waals surface area (Å²) in [5.74, 6) is 0.848. The lowest BCUT2D eigenvalue weighted by atomic mass is 10.0. The van der Waals surface area contributed by atoms with Crippen LogP contribution in [0.3, 0.4) is 0 Å². The summed E-state index contributed by atoms with van der Waals surface area (Å²) in [5, 5.41) is 10.0. The maximum absolute atomic E-state index is 12.4. The number of rotatable bonds is 8. The number of fused-ring (bicyclic) bond motifs is 1. The molecule has 1 aliphatic rings. The molecule has 0 fully saturated rings. The Morgan fingerprint density at radius 3 is 2.93 bits per heavy atom. The van der Waals surface area contributed by atoms with E-state index in [0.29, 0.717) is 39.1 Å². The number of carbonyl (C=O) groups excluding carboxylic acids is 2. The van der Waals surface area contributed by atoms with E-state index in [0.717, 1.165) is 29.8 Å². The van der Waals surface area contributed by atoms with Gasteiger partial charge in [-0.15, -0.1) is 0 Å². The quantitative estimate of drug-likeness (QED) is 0.650. The Kier molecular flexibility index (Phi) is 7.70. The second kappa shape index (κ2) is 10.7. The topological polar surface area (TPSA) is 88.5 Å². The molecule has 3 rings (SSSR count). The van der Waals surface area contributed by atoms with Gasteiger partial charge in [0, 0.05) is 43.5 Å². The maximum Gasteiger partial charge on any atom is 0.318 e. The fraction of sp³-hybridized carbons (Fsp3) is 0.500. The van der Waals surface area contributed by atoms with Crippen molar-refractivity contribution in [1.29, 1.82) is 0 Å². The normalized spacial score (nSPS) is 13.4. The van der Waals surface area contributed by atoms with Gasteiger partial charge in [-0.2, -0.15) is 5.10 Å². The molecule has 2 aromatic rings. The molecule has 2 heterocycles. The fourth-order valence-corrected chi connectivity index (χ4v) is 3.36. The Bertz CT molecular complexity index is 835. The van der Waals surface area contributed by atoms with Gasteiger partial charge in [-0.1, -0.05) is 12.1 Å². The summed E-state index contributed by atoms with van der Waals surface area (Å²) >= 11 is 0. The Labute approximate surface area is 177 Å². The van der Waals surface area contributed by atoms with Crippen LogP contribution in [0.25, 0.3) is 0 Å². The molecule has 0 atom stereocenters. The van der Waals surface area contributed by atoms with Gasteiger partial charge in [0.05, 0.1) is 13.1 Å². The summed E-state index contributed by atoms with van der Waals surface area (Å²) in [6.07, 6.45) is 5.59. The highest BCUT2D eigenvalue weighted by molar-refractivity contribution is 5.76. The molecule has 2 N–H and O–H groups in total. The first-order valence-electron chi connectivity index (χ1n) is 10.6. The molecule has 1 aromatic carbocycles. The predicted octanol–water partition coefficient (Wildman–Crippen LogP) is 2.33. The molecule has 0 saturated carbocycles. The minimum Gasteiger partial charge on any atom is -0.491 e. The summed E-state index contributed by atoms with van der Waals surface area (Å²) in [6, 6.07) is 7.87. The predicted molar refractivity (Wildman–Crippen MR) is 114 cm³/mol. The average Bonchev–Trinajstić information content (AvgIpc) is 3.14. The Balaban J connectivity index is 1.47. The molecule has 0 aliphatic carbocycles. The first-order valence-corrected chi connectivity index (χ1v) is 10.6. The zero-order valence-corrected chi connectivity index (χ0v) is 17.8. The van der Waals surface area contributed by atoms with Crippen LogP contribution in [0.5, 0.6) is 5.75 Å². The second-order valence-corrected chi connectivity index (χ2v) is 7.79. The number of nitrogens with zero attached hydrogens (tertiary/aromatic N) is 3. The minimum atomic E-state index is -0.0821. The molecule has 0 spiro atoms. The third-order valence-electron chi connectivity index (χ3n) is 4.89. The van der Waals surface area contributed by atoms with E-state index >= 15 is 0 Å². The monoisotopic (exact) mass is 413 g/mol.